The molecule has 0 bridgehead atoms. The molecule has 21 nitrogen and oxygen atoms in total. The van der Waals surface area contributed by atoms with Gasteiger partial charge < -0.3 is 57.2 Å². The van der Waals surface area contributed by atoms with Crippen LogP contribution in [0, 0.1) is 11.8 Å². The van der Waals surface area contributed by atoms with Crippen LogP contribution in [-0.4, -0.2) is 128 Å². The van der Waals surface area contributed by atoms with Crippen molar-refractivity contribution in [2.24, 2.45) is 5.73 Å². The molecule has 5 aromatic rings. The van der Waals surface area contributed by atoms with Crippen LogP contribution >= 0.6 is 0 Å². The molecule has 6 heterocycles. The number of imidazole rings is 2. The molecule has 0 spiro atoms. The first-order valence-corrected chi connectivity index (χ1v) is 16.2. The van der Waals surface area contributed by atoms with Crippen molar-refractivity contribution in [1.29, 1.82) is 0 Å². The Morgan fingerprint density at radius 3 is 2.32 bits per heavy atom. The van der Waals surface area contributed by atoms with E-state index in [1.165, 1.54) is 34.2 Å². The van der Waals surface area contributed by atoms with Gasteiger partial charge in [-0.05, 0) is 17.6 Å². The number of aliphatic hydroxyl groups is 4. The van der Waals surface area contributed by atoms with Crippen LogP contribution in [0.3, 0.4) is 0 Å². The highest BCUT2D eigenvalue weighted by molar-refractivity contribution is 5.97. The van der Waals surface area contributed by atoms with Gasteiger partial charge >= 0.3 is 0 Å². The standard InChI is InChI=1S/C32H34N12O9/c33-18(45)8-14-4-1-2-5-15(14)30(50)36-9-16-22(46)25(49)32(52-16)44-19(42-21-27(35)38-12-40-29(21)44)6-3-7-51-10-17-23(47)24(48)31(53-17)43-13-41-20-26(34)37-11-39-28(20)43/h1-2,4-5,11-13,16-17,22-25,31-32,46-49H,7-10H2,(H2,33,45)(H,36,50)(H2,34,37,39)(H2,35,38,40)/t16-,17-,22-,23-,24-,25-,31-,32-/m1/s1. The fourth-order valence-corrected chi connectivity index (χ4v) is 6.23. The molecule has 0 aliphatic carbocycles. The average Bonchev–Trinajstić information content (AvgIpc) is 3.88. The van der Waals surface area contributed by atoms with Crippen LogP contribution in [0.2, 0.25) is 0 Å². The van der Waals surface area contributed by atoms with Crippen molar-refractivity contribution in [3.63, 3.8) is 0 Å². The first kappa shape index (κ1) is 35.5. The lowest BCUT2D eigenvalue weighted by Crippen LogP contribution is -2.40. The average molecular weight is 731 g/mol. The van der Waals surface area contributed by atoms with Crippen LogP contribution in [-0.2, 0) is 25.4 Å². The number of hydrogen-bond acceptors (Lipinski definition) is 17. The van der Waals surface area contributed by atoms with Crippen LogP contribution < -0.4 is 22.5 Å². The second kappa shape index (κ2) is 14.6. The number of fused-ring (bicyclic) bond motifs is 2. The highest BCUT2D eigenvalue weighted by Gasteiger charge is 2.46. The Bertz CT molecular complexity index is 2240. The maximum absolute atomic E-state index is 13.0. The molecule has 2 saturated heterocycles. The molecule has 4 aromatic heterocycles. The van der Waals surface area contributed by atoms with E-state index >= 15 is 0 Å². The van der Waals surface area contributed by atoms with Gasteiger partial charge in [0, 0.05) is 12.1 Å². The molecule has 2 fully saturated rings. The number of nitrogens with two attached hydrogens (primary N) is 3. The van der Waals surface area contributed by atoms with E-state index in [1.807, 2.05) is 0 Å². The summed E-state index contributed by atoms with van der Waals surface area (Å²) in [6.45, 7) is -0.544. The number of rotatable bonds is 10. The Labute approximate surface area is 298 Å². The fourth-order valence-electron chi connectivity index (χ4n) is 6.23. The van der Waals surface area contributed by atoms with Gasteiger partial charge in [0.1, 0.15) is 61.4 Å². The topological polar surface area (TPSA) is 320 Å². The van der Waals surface area contributed by atoms with E-state index in [2.05, 4.69) is 47.1 Å². The van der Waals surface area contributed by atoms with Gasteiger partial charge in [0.05, 0.1) is 19.4 Å². The Morgan fingerprint density at radius 1 is 0.868 bits per heavy atom. The molecule has 21 heteroatoms. The van der Waals surface area contributed by atoms with E-state index in [-0.39, 0.29) is 60.4 Å². The van der Waals surface area contributed by atoms with Crippen LogP contribution in [0.15, 0.2) is 43.2 Å². The quantitative estimate of drug-likeness (QED) is 0.0521. The monoisotopic (exact) mass is 730 g/mol. The van der Waals surface area contributed by atoms with Crippen LogP contribution in [0.4, 0.5) is 11.6 Å². The summed E-state index contributed by atoms with van der Waals surface area (Å²) in [5, 5.41) is 46.1. The normalized spacial score (nSPS) is 25.4. The number of carbonyl (C=O) groups excluding carboxylic acids is 2. The third-order valence-corrected chi connectivity index (χ3v) is 8.84. The second-order valence-corrected chi connectivity index (χ2v) is 12.2. The largest absolute Gasteiger partial charge is 0.387 e. The van der Waals surface area contributed by atoms with Crippen LogP contribution in [0.25, 0.3) is 22.3 Å². The predicted molar refractivity (Wildman–Crippen MR) is 181 cm³/mol. The molecule has 2 aliphatic heterocycles. The minimum atomic E-state index is -1.51. The summed E-state index contributed by atoms with van der Waals surface area (Å²) in [5.74, 6) is 4.71. The van der Waals surface area contributed by atoms with Gasteiger partial charge in [-0.1, -0.05) is 24.1 Å². The molecule has 276 valence electrons. The van der Waals surface area contributed by atoms with Crippen molar-refractivity contribution in [3.05, 3.63) is 60.2 Å². The van der Waals surface area contributed by atoms with Crippen molar-refractivity contribution in [3.8, 4) is 11.8 Å². The zero-order valence-electron chi connectivity index (χ0n) is 27.6. The molecular formula is C32H34N12O9. The van der Waals surface area contributed by atoms with Gasteiger partial charge in [0.25, 0.3) is 5.91 Å². The zero-order chi connectivity index (χ0) is 37.4. The van der Waals surface area contributed by atoms with Gasteiger partial charge in [-0.15, -0.1) is 0 Å². The van der Waals surface area contributed by atoms with Crippen molar-refractivity contribution < 1.29 is 44.2 Å². The van der Waals surface area contributed by atoms with Gasteiger partial charge in [0.15, 0.2) is 46.7 Å². The third kappa shape index (κ3) is 6.78. The van der Waals surface area contributed by atoms with E-state index < -0.39 is 60.9 Å². The first-order valence-electron chi connectivity index (χ1n) is 16.2. The van der Waals surface area contributed by atoms with Crippen molar-refractivity contribution in [1.82, 2.24) is 44.4 Å². The molecule has 7 rings (SSSR count). The van der Waals surface area contributed by atoms with Crippen LogP contribution in [0.1, 0.15) is 34.2 Å². The highest BCUT2D eigenvalue weighted by Crippen LogP contribution is 2.34. The second-order valence-electron chi connectivity index (χ2n) is 12.2. The maximum atomic E-state index is 13.0. The number of aliphatic hydroxyl groups excluding tert-OH is 4. The van der Waals surface area contributed by atoms with Crippen molar-refractivity contribution in [2.75, 3.05) is 31.2 Å². The summed E-state index contributed by atoms with van der Waals surface area (Å²) >= 11 is 0. The molecule has 11 N–H and O–H groups in total. The number of benzene rings is 1. The van der Waals surface area contributed by atoms with E-state index in [9.17, 15) is 30.0 Å². The molecule has 8 atom stereocenters. The summed E-state index contributed by atoms with van der Waals surface area (Å²) < 4.78 is 20.4. The number of nitrogens with one attached hydrogen (secondary N) is 1. The Hall–Kier alpha value is -5.86. The molecule has 1 aromatic carbocycles. The number of primary amides is 1. The molecule has 2 amide bonds. The van der Waals surface area contributed by atoms with E-state index in [0.717, 1.165) is 0 Å². The van der Waals surface area contributed by atoms with E-state index in [4.69, 9.17) is 31.4 Å². The molecular weight excluding hydrogens is 696 g/mol. The third-order valence-electron chi connectivity index (χ3n) is 8.84. The van der Waals surface area contributed by atoms with E-state index in [0.29, 0.717) is 16.7 Å². The summed E-state index contributed by atoms with van der Waals surface area (Å²) in [6.07, 6.45) is -6.25. The number of aromatic nitrogens is 8. The number of ether oxygens (including phenoxy) is 3. The van der Waals surface area contributed by atoms with Gasteiger partial charge in [-0.3, -0.25) is 18.7 Å². The number of nitrogen functional groups attached to an aromatic ring is 2. The van der Waals surface area contributed by atoms with Gasteiger partial charge in [-0.25, -0.2) is 29.9 Å². The molecule has 53 heavy (non-hydrogen) atoms. The smallest absolute Gasteiger partial charge is 0.251 e. The van der Waals surface area contributed by atoms with E-state index in [1.54, 1.807) is 18.2 Å². The van der Waals surface area contributed by atoms with Gasteiger partial charge in [0.2, 0.25) is 5.91 Å². The van der Waals surface area contributed by atoms with Gasteiger partial charge in [-0.2, -0.15) is 0 Å². The minimum Gasteiger partial charge on any atom is -0.387 e. The number of amides is 2. The lowest BCUT2D eigenvalue weighted by molar-refractivity contribution is -0.117. The van der Waals surface area contributed by atoms with Crippen molar-refractivity contribution >= 4 is 45.8 Å². The molecule has 0 unspecified atom stereocenters. The van der Waals surface area contributed by atoms with Crippen molar-refractivity contribution in [2.45, 2.75) is 55.5 Å². The highest BCUT2D eigenvalue weighted by atomic mass is 16.6. The molecule has 0 saturated carbocycles. The minimum absolute atomic E-state index is 0.0276. The molecule has 0 radical (unpaired) electrons. The zero-order valence-corrected chi connectivity index (χ0v) is 27.6. The predicted octanol–water partition coefficient (Wildman–Crippen LogP) is -3.11. The fraction of sp³-hybridized carbons (Fsp3) is 0.375. The number of carbonyl (C=O) groups is 2. The Kier molecular flexibility index (Phi) is 9.82. The summed E-state index contributed by atoms with van der Waals surface area (Å²) in [6, 6.07) is 6.45. The number of anilines is 2. The van der Waals surface area contributed by atoms with Crippen LogP contribution in [0.5, 0.6) is 0 Å². The number of nitrogens with zero attached hydrogens (tertiary/aromatic N) is 8. The number of hydrogen-bond donors (Lipinski definition) is 8. The lowest BCUT2D eigenvalue weighted by atomic mass is 10.0. The summed E-state index contributed by atoms with van der Waals surface area (Å²) in [5.41, 5.74) is 18.8. The SMILES string of the molecule is NC(=O)Cc1ccccc1C(=O)NC[C@H]1O[C@@H](n2c(C#CCOC[C@H]3O[C@@H](n4cnc5c(N)ncnc54)[C@H](O)[C@@H]3O)nc3c(N)ncnc32)[C@H](O)[C@@H]1O. The first-order chi connectivity index (χ1) is 25.5. The summed E-state index contributed by atoms with van der Waals surface area (Å²) in [4.78, 5) is 49.3. The maximum Gasteiger partial charge on any atom is 0.251 e. The Morgan fingerprint density at radius 2 is 1.55 bits per heavy atom. The lowest BCUT2D eigenvalue weighted by Gasteiger charge is -2.18. The Balaban J connectivity index is 1.03. The molecule has 2 aliphatic rings. The summed E-state index contributed by atoms with van der Waals surface area (Å²) in [7, 11) is 0.